The van der Waals surface area contributed by atoms with Gasteiger partial charge in [0.15, 0.2) is 6.17 Å². The summed E-state index contributed by atoms with van der Waals surface area (Å²) < 4.78 is 0. The van der Waals surface area contributed by atoms with E-state index in [2.05, 4.69) is 126 Å². The van der Waals surface area contributed by atoms with E-state index in [0.29, 0.717) is 23.8 Å². The van der Waals surface area contributed by atoms with Crippen molar-refractivity contribution in [3.63, 3.8) is 0 Å². The van der Waals surface area contributed by atoms with Gasteiger partial charge in [0.1, 0.15) is 11.7 Å². The number of fused-ring (bicyclic) bond motifs is 2. The Kier molecular flexibility index (Phi) is 9.76. The molecule has 10 aliphatic rings. The largest absolute Gasteiger partial charge is 0.337 e. The summed E-state index contributed by atoms with van der Waals surface area (Å²) in [7, 11) is 0. The molecule has 0 amide bonds. The molecule has 0 bridgehead atoms. The maximum Gasteiger partial charge on any atom is 0.167 e. The van der Waals surface area contributed by atoms with Crippen molar-refractivity contribution >= 4 is 11.7 Å². The molecule has 2 heterocycles. The van der Waals surface area contributed by atoms with Crippen LogP contribution in [0.1, 0.15) is 96.3 Å². The summed E-state index contributed by atoms with van der Waals surface area (Å²) in [5.41, 5.74) is 13.2. The van der Waals surface area contributed by atoms with Crippen molar-refractivity contribution in [1.82, 2.24) is 10.2 Å². The van der Waals surface area contributed by atoms with Crippen molar-refractivity contribution in [2.24, 2.45) is 33.7 Å². The normalized spacial score (nSPS) is 32.6. The quantitative estimate of drug-likeness (QED) is 0.266. The van der Waals surface area contributed by atoms with Gasteiger partial charge in [0, 0.05) is 46.2 Å². The second-order valence-electron chi connectivity index (χ2n) is 16.9. The Morgan fingerprint density at radius 3 is 2.31 bits per heavy atom. The van der Waals surface area contributed by atoms with Crippen molar-refractivity contribution < 1.29 is 0 Å². The zero-order valence-corrected chi connectivity index (χ0v) is 32.4. The molecule has 280 valence electrons. The van der Waals surface area contributed by atoms with Gasteiger partial charge >= 0.3 is 0 Å². The van der Waals surface area contributed by atoms with Crippen molar-refractivity contribution in [3.05, 3.63) is 166 Å². The smallest absolute Gasteiger partial charge is 0.167 e. The van der Waals surface area contributed by atoms with E-state index in [9.17, 15) is 0 Å². The number of nitrogens with zero attached hydrogens (tertiary/aromatic N) is 3. The lowest BCUT2D eigenvalue weighted by atomic mass is 9.71. The zero-order chi connectivity index (χ0) is 36.6. The first kappa shape index (κ1) is 34.8. The van der Waals surface area contributed by atoms with E-state index in [-0.39, 0.29) is 12.1 Å². The van der Waals surface area contributed by atoms with Gasteiger partial charge in [-0.05, 0) is 125 Å². The molecule has 0 fully saturated rings. The van der Waals surface area contributed by atoms with E-state index in [1.165, 1.54) is 46.5 Å². The number of amidine groups is 2. The second-order valence-corrected chi connectivity index (χ2v) is 16.9. The summed E-state index contributed by atoms with van der Waals surface area (Å²) in [5, 5.41) is 3.83. The number of rotatable bonds is 7. The molecule has 4 nitrogen and oxygen atoms in total. The number of aliphatic imine (C=N–C) groups is 2. The highest BCUT2D eigenvalue weighted by molar-refractivity contribution is 6.12. The van der Waals surface area contributed by atoms with Gasteiger partial charge in [-0.25, -0.2) is 9.98 Å². The van der Waals surface area contributed by atoms with Gasteiger partial charge in [-0.2, -0.15) is 0 Å². The first-order valence-electron chi connectivity index (χ1n) is 21.7. The van der Waals surface area contributed by atoms with Gasteiger partial charge in [-0.15, -0.1) is 0 Å². The molecule has 10 rings (SSSR count). The Balaban J connectivity index is 1.14. The Morgan fingerprint density at radius 1 is 0.618 bits per heavy atom. The van der Waals surface area contributed by atoms with Crippen molar-refractivity contribution in [3.8, 4) is 0 Å². The lowest BCUT2D eigenvalue weighted by Crippen LogP contribution is -2.43. The third kappa shape index (κ3) is 6.70. The van der Waals surface area contributed by atoms with Crippen LogP contribution >= 0.6 is 0 Å². The summed E-state index contributed by atoms with van der Waals surface area (Å²) in [5.74, 6) is 3.78. The molecular weight excluding hydrogens is 669 g/mol. The van der Waals surface area contributed by atoms with Crippen LogP contribution in [-0.2, 0) is 0 Å². The third-order valence-electron chi connectivity index (χ3n) is 13.6. The van der Waals surface area contributed by atoms with Crippen LogP contribution in [0, 0.1) is 23.7 Å². The minimum atomic E-state index is -0.267. The highest BCUT2D eigenvalue weighted by atomic mass is 15.2. The molecular formula is C51H56N4. The van der Waals surface area contributed by atoms with Gasteiger partial charge < -0.3 is 10.2 Å². The first-order chi connectivity index (χ1) is 27.3. The molecule has 8 aliphatic carbocycles. The average Bonchev–Trinajstić information content (AvgIpc) is 3.61. The Morgan fingerprint density at radius 2 is 1.49 bits per heavy atom. The number of nitrogens with one attached hydrogen (secondary N) is 1. The fraction of sp³-hybridized carbons (Fsp3) is 0.412. The molecule has 0 spiro atoms. The van der Waals surface area contributed by atoms with E-state index >= 15 is 0 Å². The van der Waals surface area contributed by atoms with Crippen LogP contribution in [0.15, 0.2) is 176 Å². The van der Waals surface area contributed by atoms with E-state index in [4.69, 9.17) is 9.98 Å². The van der Waals surface area contributed by atoms with E-state index in [1.807, 2.05) is 0 Å². The van der Waals surface area contributed by atoms with Gasteiger partial charge in [-0.3, -0.25) is 0 Å². The van der Waals surface area contributed by atoms with Crippen LogP contribution in [0.5, 0.6) is 0 Å². The second kappa shape index (κ2) is 15.4. The predicted molar refractivity (Wildman–Crippen MR) is 229 cm³/mol. The standard InChI is InChI=1S/C51H56N4/c1-5-18-35(19-6-1)40-28-17-29-41(36-20-7-2-8-21-36)48(40)39-32-33-47(55-45-30-15-13-26-42(45)43-27-14-16-31-46(43)55)44(34-39)51-53-49(37-22-9-3-10-23-37)52-50(54-51)38-24-11-4-12-25-38/h1,3,5-7,9,11,13,16,18,20-21,24-26,29,31-33,35,37,39,43,46,51H,2,4,8,10,12,14-15,17,19,22-23,27-28,30,34H2,(H,52,53,54). The van der Waals surface area contributed by atoms with E-state index in [0.717, 1.165) is 95.1 Å². The SMILES string of the molecule is C1=CCC(C2=C(C3C=CC(N4C5=C(C=CCC5)C5CCC=CC54)=C(C4N=C(C5=CCCC=C5)NC(C5CC=CCC5)=N4)C3)C(C3=CCCC=C3)=CCC2)C=C1. The number of hydrogen-bond donors (Lipinski definition) is 1. The number of hydrogen-bond acceptors (Lipinski definition) is 4. The summed E-state index contributed by atoms with van der Waals surface area (Å²) in [6, 6.07) is 0.352. The maximum absolute atomic E-state index is 5.69. The Labute approximate surface area is 328 Å². The molecule has 0 aromatic carbocycles. The minimum Gasteiger partial charge on any atom is -0.337 e. The average molecular weight is 725 g/mol. The maximum atomic E-state index is 5.69. The fourth-order valence-corrected chi connectivity index (χ4v) is 10.9. The van der Waals surface area contributed by atoms with Gasteiger partial charge in [0.25, 0.3) is 0 Å². The topological polar surface area (TPSA) is 40.0 Å². The van der Waals surface area contributed by atoms with Gasteiger partial charge in [0.05, 0.1) is 6.04 Å². The Hall–Kier alpha value is -4.70. The molecule has 0 radical (unpaired) electrons. The highest BCUT2D eigenvalue weighted by Gasteiger charge is 2.43. The summed E-state index contributed by atoms with van der Waals surface area (Å²) >= 11 is 0. The summed E-state index contributed by atoms with van der Waals surface area (Å²) in [6.45, 7) is 0. The molecule has 0 saturated carbocycles. The van der Waals surface area contributed by atoms with Crippen LogP contribution in [0.25, 0.3) is 0 Å². The van der Waals surface area contributed by atoms with Crippen LogP contribution in [0.3, 0.4) is 0 Å². The molecule has 2 aliphatic heterocycles. The summed E-state index contributed by atoms with van der Waals surface area (Å²) in [6.07, 6.45) is 62.1. The highest BCUT2D eigenvalue weighted by Crippen LogP contribution is 2.50. The van der Waals surface area contributed by atoms with Crippen LogP contribution in [0.2, 0.25) is 0 Å². The molecule has 4 heteroatoms. The van der Waals surface area contributed by atoms with Crippen molar-refractivity contribution in [2.45, 2.75) is 109 Å². The Bertz CT molecular complexity index is 2100. The molecule has 6 atom stereocenters. The molecule has 55 heavy (non-hydrogen) atoms. The monoisotopic (exact) mass is 724 g/mol. The minimum absolute atomic E-state index is 0.259. The van der Waals surface area contributed by atoms with Crippen LogP contribution < -0.4 is 5.32 Å². The fourth-order valence-electron chi connectivity index (χ4n) is 10.9. The lowest BCUT2D eigenvalue weighted by Gasteiger charge is -2.40. The molecule has 6 unspecified atom stereocenters. The molecule has 0 saturated heterocycles. The molecule has 1 N–H and O–H groups in total. The zero-order valence-electron chi connectivity index (χ0n) is 32.4. The van der Waals surface area contributed by atoms with Gasteiger partial charge in [0.2, 0.25) is 0 Å². The van der Waals surface area contributed by atoms with E-state index in [1.54, 1.807) is 16.7 Å². The van der Waals surface area contributed by atoms with Crippen LogP contribution in [-0.4, -0.2) is 28.8 Å². The molecule has 0 aromatic rings. The van der Waals surface area contributed by atoms with Crippen molar-refractivity contribution in [2.75, 3.05) is 0 Å². The summed E-state index contributed by atoms with van der Waals surface area (Å²) in [4.78, 5) is 14.1. The molecule has 0 aromatic heterocycles. The van der Waals surface area contributed by atoms with Crippen molar-refractivity contribution in [1.29, 1.82) is 0 Å². The van der Waals surface area contributed by atoms with Crippen LogP contribution in [0.4, 0.5) is 0 Å². The lowest BCUT2D eigenvalue weighted by molar-refractivity contribution is 0.317. The van der Waals surface area contributed by atoms with E-state index < -0.39 is 0 Å². The first-order valence-corrected chi connectivity index (χ1v) is 21.7. The predicted octanol–water partition coefficient (Wildman–Crippen LogP) is 11.9. The third-order valence-corrected chi connectivity index (χ3v) is 13.6. The number of allylic oxidation sites excluding steroid dienone is 22. The van der Waals surface area contributed by atoms with Gasteiger partial charge in [-0.1, -0.05) is 115 Å².